The molecule has 1 saturated carbocycles. The maximum Gasteiger partial charge on any atom is 0.00733 e. The zero-order valence-electron chi connectivity index (χ0n) is 6.98. The van der Waals surface area contributed by atoms with Gasteiger partial charge in [0.1, 0.15) is 0 Å². The van der Waals surface area contributed by atoms with E-state index < -0.39 is 0 Å². The van der Waals surface area contributed by atoms with Crippen LogP contribution >= 0.6 is 0 Å². The molecule has 1 aliphatic carbocycles. The first-order valence-corrected chi connectivity index (χ1v) is 4.46. The summed E-state index contributed by atoms with van der Waals surface area (Å²) in [6, 6.07) is 0.877. The van der Waals surface area contributed by atoms with Crippen LogP contribution in [0.3, 0.4) is 0 Å². The molecule has 0 aromatic rings. The Morgan fingerprint density at radius 2 is 2.30 bits per heavy atom. The molecular formula is C9H17N. The van der Waals surface area contributed by atoms with Gasteiger partial charge in [0.2, 0.25) is 0 Å². The monoisotopic (exact) mass is 139 g/mol. The maximum absolute atomic E-state index is 3.58. The molecule has 0 aromatic carbocycles. The molecule has 2 bridgehead atoms. The summed E-state index contributed by atoms with van der Waals surface area (Å²) in [5, 5.41) is 3.58. The molecule has 0 spiro atoms. The highest BCUT2D eigenvalue weighted by molar-refractivity contribution is 5.01. The minimum atomic E-state index is 0.699. The Morgan fingerprint density at radius 1 is 1.50 bits per heavy atom. The smallest absolute Gasteiger partial charge is 0.00733 e. The van der Waals surface area contributed by atoms with Crippen LogP contribution in [0.15, 0.2) is 0 Å². The number of hydrogen-bond donors (Lipinski definition) is 1. The van der Waals surface area contributed by atoms with Gasteiger partial charge in [-0.15, -0.1) is 0 Å². The second-order valence-corrected chi connectivity index (χ2v) is 4.34. The van der Waals surface area contributed by atoms with Crippen LogP contribution in [-0.2, 0) is 0 Å². The minimum Gasteiger partial charge on any atom is -0.313 e. The average molecular weight is 139 g/mol. The van der Waals surface area contributed by atoms with Crippen molar-refractivity contribution in [2.24, 2.45) is 11.3 Å². The second-order valence-electron chi connectivity index (χ2n) is 4.34. The highest BCUT2D eigenvalue weighted by Crippen LogP contribution is 2.47. The van der Waals surface area contributed by atoms with Crippen LogP contribution in [0.4, 0.5) is 0 Å². The van der Waals surface area contributed by atoms with E-state index in [2.05, 4.69) is 19.2 Å². The Labute approximate surface area is 63.2 Å². The summed E-state index contributed by atoms with van der Waals surface area (Å²) in [5.74, 6) is 0.882. The van der Waals surface area contributed by atoms with Crippen molar-refractivity contribution >= 4 is 0 Å². The Balaban J connectivity index is 2.15. The highest BCUT2D eigenvalue weighted by Gasteiger charge is 2.46. The van der Waals surface area contributed by atoms with Crippen LogP contribution in [0, 0.1) is 11.3 Å². The van der Waals surface area contributed by atoms with Crippen LogP contribution < -0.4 is 5.32 Å². The lowest BCUT2D eigenvalue weighted by molar-refractivity contribution is 0.216. The SMILES string of the molecule is CC(C)C12CCC(C1)NC2. The normalized spacial score (nSPS) is 45.3. The second kappa shape index (κ2) is 1.97. The van der Waals surface area contributed by atoms with E-state index >= 15 is 0 Å². The Hall–Kier alpha value is -0.0400. The molecule has 0 amide bonds. The molecule has 1 saturated heterocycles. The number of fused-ring (bicyclic) bond motifs is 2. The van der Waals surface area contributed by atoms with Crippen molar-refractivity contribution in [1.82, 2.24) is 5.32 Å². The summed E-state index contributed by atoms with van der Waals surface area (Å²) in [5.41, 5.74) is 0.699. The van der Waals surface area contributed by atoms with E-state index in [0.29, 0.717) is 5.41 Å². The van der Waals surface area contributed by atoms with Gasteiger partial charge >= 0.3 is 0 Å². The Kier molecular flexibility index (Phi) is 1.31. The van der Waals surface area contributed by atoms with Gasteiger partial charge in [0, 0.05) is 12.6 Å². The predicted octanol–water partition coefficient (Wildman–Crippen LogP) is 1.78. The Bertz CT molecular complexity index is 132. The largest absolute Gasteiger partial charge is 0.313 e. The molecule has 2 fully saturated rings. The number of rotatable bonds is 1. The van der Waals surface area contributed by atoms with Gasteiger partial charge in [0.05, 0.1) is 0 Å². The number of nitrogens with one attached hydrogen (secondary N) is 1. The third kappa shape index (κ3) is 0.731. The molecule has 58 valence electrons. The first-order valence-electron chi connectivity index (χ1n) is 4.46. The fourth-order valence-electron chi connectivity index (χ4n) is 2.57. The molecule has 1 aliphatic heterocycles. The molecular weight excluding hydrogens is 122 g/mol. The molecule has 0 radical (unpaired) electrons. The molecule has 2 atom stereocenters. The molecule has 1 heterocycles. The lowest BCUT2D eigenvalue weighted by atomic mass is 9.77. The predicted molar refractivity (Wildman–Crippen MR) is 42.9 cm³/mol. The van der Waals surface area contributed by atoms with E-state index in [-0.39, 0.29) is 0 Å². The van der Waals surface area contributed by atoms with Crippen LogP contribution in [0.1, 0.15) is 33.1 Å². The molecule has 1 nitrogen and oxygen atoms in total. The standard InChI is InChI=1S/C9H17N/c1-7(2)9-4-3-8(5-9)10-6-9/h7-8,10H,3-6H2,1-2H3. The van der Waals surface area contributed by atoms with Gasteiger partial charge in [0.25, 0.3) is 0 Å². The fraction of sp³-hybridized carbons (Fsp3) is 1.00. The summed E-state index contributed by atoms with van der Waals surface area (Å²) < 4.78 is 0. The van der Waals surface area contributed by atoms with E-state index in [0.717, 1.165) is 12.0 Å². The van der Waals surface area contributed by atoms with Gasteiger partial charge in [-0.3, -0.25) is 0 Å². The van der Waals surface area contributed by atoms with Crippen molar-refractivity contribution in [2.45, 2.75) is 39.2 Å². The zero-order valence-corrected chi connectivity index (χ0v) is 6.98. The van der Waals surface area contributed by atoms with Crippen LogP contribution in [0.25, 0.3) is 0 Å². The lowest BCUT2D eigenvalue weighted by Gasteiger charge is -2.30. The first-order chi connectivity index (χ1) is 4.73. The summed E-state index contributed by atoms with van der Waals surface area (Å²) in [6.45, 7) is 6.03. The van der Waals surface area contributed by atoms with Gasteiger partial charge in [-0.1, -0.05) is 13.8 Å². The van der Waals surface area contributed by atoms with Crippen molar-refractivity contribution in [1.29, 1.82) is 0 Å². The Morgan fingerprint density at radius 3 is 2.50 bits per heavy atom. The number of hydrogen-bond acceptors (Lipinski definition) is 1. The van der Waals surface area contributed by atoms with Crippen molar-refractivity contribution in [2.75, 3.05) is 6.54 Å². The van der Waals surface area contributed by atoms with Crippen LogP contribution in [0.2, 0.25) is 0 Å². The molecule has 0 aromatic heterocycles. The van der Waals surface area contributed by atoms with E-state index in [9.17, 15) is 0 Å². The van der Waals surface area contributed by atoms with Crippen molar-refractivity contribution < 1.29 is 0 Å². The van der Waals surface area contributed by atoms with Crippen molar-refractivity contribution in [3.05, 3.63) is 0 Å². The van der Waals surface area contributed by atoms with E-state index in [1.54, 1.807) is 0 Å². The fourth-order valence-corrected chi connectivity index (χ4v) is 2.57. The summed E-state index contributed by atoms with van der Waals surface area (Å²) in [6.07, 6.45) is 4.35. The quantitative estimate of drug-likeness (QED) is 0.584. The van der Waals surface area contributed by atoms with Crippen LogP contribution in [-0.4, -0.2) is 12.6 Å². The lowest BCUT2D eigenvalue weighted by Crippen LogP contribution is -2.33. The topological polar surface area (TPSA) is 12.0 Å². The minimum absolute atomic E-state index is 0.699. The first kappa shape index (κ1) is 6.66. The van der Waals surface area contributed by atoms with Crippen molar-refractivity contribution in [3.8, 4) is 0 Å². The third-order valence-electron chi connectivity index (χ3n) is 3.61. The highest BCUT2D eigenvalue weighted by atomic mass is 15.0. The van der Waals surface area contributed by atoms with Gasteiger partial charge in [-0.2, -0.15) is 0 Å². The zero-order chi connectivity index (χ0) is 7.19. The summed E-state index contributed by atoms with van der Waals surface area (Å²) >= 11 is 0. The van der Waals surface area contributed by atoms with E-state index in [1.165, 1.54) is 25.8 Å². The summed E-state index contributed by atoms with van der Waals surface area (Å²) in [7, 11) is 0. The third-order valence-corrected chi connectivity index (χ3v) is 3.61. The van der Waals surface area contributed by atoms with E-state index in [1.807, 2.05) is 0 Å². The molecule has 2 unspecified atom stereocenters. The average Bonchev–Trinajstić information content (AvgIpc) is 2.45. The maximum atomic E-state index is 3.58. The van der Waals surface area contributed by atoms with Crippen molar-refractivity contribution in [3.63, 3.8) is 0 Å². The molecule has 2 rings (SSSR count). The molecule has 1 N–H and O–H groups in total. The van der Waals surface area contributed by atoms with Gasteiger partial charge in [-0.25, -0.2) is 0 Å². The van der Waals surface area contributed by atoms with Gasteiger partial charge in [-0.05, 0) is 30.6 Å². The molecule has 1 heteroatoms. The van der Waals surface area contributed by atoms with E-state index in [4.69, 9.17) is 0 Å². The number of piperidine rings is 1. The molecule has 10 heavy (non-hydrogen) atoms. The molecule has 2 aliphatic rings. The van der Waals surface area contributed by atoms with Gasteiger partial charge in [0.15, 0.2) is 0 Å². The van der Waals surface area contributed by atoms with Crippen LogP contribution in [0.5, 0.6) is 0 Å². The van der Waals surface area contributed by atoms with Gasteiger partial charge < -0.3 is 5.32 Å². The summed E-state index contributed by atoms with van der Waals surface area (Å²) in [4.78, 5) is 0.